The first-order valence-corrected chi connectivity index (χ1v) is 4.19. The van der Waals surface area contributed by atoms with Crippen molar-refractivity contribution in [1.29, 1.82) is 0 Å². The number of rotatable bonds is 3. The summed E-state index contributed by atoms with van der Waals surface area (Å²) in [6, 6.07) is 4.64. The largest absolute Gasteiger partial charge is 0.481 e. The Bertz CT molecular complexity index is 397. The highest BCUT2D eigenvalue weighted by atomic mass is 19.1. The predicted octanol–water partition coefficient (Wildman–Crippen LogP) is 2.65. The topological polar surface area (TPSA) is 37.3 Å². The number of benzene rings is 1. The number of carbonyl (C=O) groups is 1. The van der Waals surface area contributed by atoms with Crippen molar-refractivity contribution < 1.29 is 17.0 Å². The van der Waals surface area contributed by atoms with Crippen molar-refractivity contribution in [3.63, 3.8) is 0 Å². The maximum absolute atomic E-state index is 12.7. The van der Waals surface area contributed by atoms with E-state index in [2.05, 4.69) is 0 Å². The lowest BCUT2D eigenvalue weighted by Gasteiger charge is -2.16. The van der Waals surface area contributed by atoms with Gasteiger partial charge in [0.15, 0.2) is 0 Å². The molecule has 0 fully saturated rings. The van der Waals surface area contributed by atoms with Crippen LogP contribution >= 0.6 is 0 Å². The summed E-state index contributed by atoms with van der Waals surface area (Å²) in [6.45, 7) is 2.69. The molecule has 14 heavy (non-hydrogen) atoms. The van der Waals surface area contributed by atoms with Crippen molar-refractivity contribution in [2.24, 2.45) is 5.89 Å². The number of aliphatic carboxylic acids is 1. The van der Waals surface area contributed by atoms with Gasteiger partial charge in [-0.3, -0.25) is 4.79 Å². The van der Waals surface area contributed by atoms with Crippen molar-refractivity contribution in [3.05, 3.63) is 35.6 Å². The van der Waals surface area contributed by atoms with Crippen molar-refractivity contribution in [2.45, 2.75) is 19.7 Å². The van der Waals surface area contributed by atoms with Gasteiger partial charge in [0.05, 0.1) is 5.89 Å². The molecule has 0 saturated heterocycles. The molecule has 1 aromatic rings. The number of hydrogen-bond acceptors (Lipinski definition) is 1. The Balaban J connectivity index is 3.34. The summed E-state index contributed by atoms with van der Waals surface area (Å²) >= 11 is 0. The molecule has 0 heterocycles. The number of carboxylic acid groups (broad SMARTS) is 1. The zero-order chi connectivity index (χ0) is 12.6. The molecule has 1 atom stereocenters. The third-order valence-corrected chi connectivity index (χ3v) is 1.85. The number of halogens is 1. The molecule has 0 aliphatic carbocycles. The average Bonchev–Trinajstić information content (AvgIpc) is 2.15. The van der Waals surface area contributed by atoms with Crippen LogP contribution in [0.2, 0.25) is 0 Å². The van der Waals surface area contributed by atoms with Gasteiger partial charge in [-0.15, -0.1) is 0 Å². The lowest BCUT2D eigenvalue weighted by Crippen LogP contribution is -2.17. The Morgan fingerprint density at radius 1 is 1.43 bits per heavy atom. The van der Waals surface area contributed by atoms with Gasteiger partial charge in [-0.05, 0) is 23.6 Å². The van der Waals surface area contributed by atoms with Crippen LogP contribution in [-0.2, 0) is 4.79 Å². The van der Waals surface area contributed by atoms with Crippen LogP contribution in [-0.4, -0.2) is 11.1 Å². The van der Waals surface area contributed by atoms with E-state index < -0.39 is 23.6 Å². The quantitative estimate of drug-likeness (QED) is 0.810. The summed E-state index contributed by atoms with van der Waals surface area (Å²) in [5.41, 5.74) is 0.0985. The molecule has 0 aliphatic rings. The van der Waals surface area contributed by atoms with Crippen molar-refractivity contribution in [1.82, 2.24) is 0 Å². The first-order valence-electron chi connectivity index (χ1n) is 5.19. The second-order valence-corrected chi connectivity index (χ2v) is 3.19. The zero-order valence-corrected chi connectivity index (χ0v) is 8.04. The first kappa shape index (κ1) is 7.97. The molecule has 0 bridgehead atoms. The fourth-order valence-corrected chi connectivity index (χ4v) is 1.24. The van der Waals surface area contributed by atoms with Crippen molar-refractivity contribution in [3.8, 4) is 0 Å². The van der Waals surface area contributed by atoms with E-state index >= 15 is 0 Å². The van der Waals surface area contributed by atoms with Gasteiger partial charge in [0.1, 0.15) is 5.82 Å². The van der Waals surface area contributed by atoms with Crippen LogP contribution in [0.25, 0.3) is 0 Å². The smallest absolute Gasteiger partial charge is 0.311 e. The lowest BCUT2D eigenvalue weighted by atomic mass is 9.89. The van der Waals surface area contributed by atoms with Gasteiger partial charge in [-0.2, -0.15) is 0 Å². The third kappa shape index (κ3) is 2.31. The van der Waals surface area contributed by atoms with Gasteiger partial charge in [-0.25, -0.2) is 4.39 Å². The van der Waals surface area contributed by atoms with E-state index in [4.69, 9.17) is 7.85 Å². The van der Waals surface area contributed by atoms with Crippen molar-refractivity contribution >= 4 is 5.97 Å². The van der Waals surface area contributed by atoms with E-state index in [1.165, 1.54) is 26.0 Å². The second kappa shape index (κ2) is 4.22. The minimum absolute atomic E-state index is 0.0985. The Morgan fingerprint density at radius 2 is 1.93 bits per heavy atom. The van der Waals surface area contributed by atoms with E-state index in [1.54, 1.807) is 0 Å². The standard InChI is InChI=1S/C11H13FO2/c1-7(2)10(11(13)14)8-3-5-9(12)6-4-8/h3-7,10H,1-2H3,(H,13,14)/t10-/m0/s1/i7D,10D. The Labute approximate surface area is 85.2 Å². The Kier molecular flexibility index (Phi) is 2.40. The van der Waals surface area contributed by atoms with E-state index in [0.29, 0.717) is 0 Å². The Morgan fingerprint density at radius 3 is 2.29 bits per heavy atom. The Hall–Kier alpha value is -1.38. The van der Waals surface area contributed by atoms with E-state index in [1.807, 2.05) is 0 Å². The fourth-order valence-electron chi connectivity index (χ4n) is 1.24. The highest BCUT2D eigenvalue weighted by Crippen LogP contribution is 2.24. The number of hydrogen-bond donors (Lipinski definition) is 1. The summed E-state index contributed by atoms with van der Waals surface area (Å²) in [7, 11) is 0. The van der Waals surface area contributed by atoms with Crippen LogP contribution in [0, 0.1) is 11.7 Å². The highest BCUT2D eigenvalue weighted by molar-refractivity contribution is 5.76. The molecule has 0 amide bonds. The normalized spacial score (nSPS) is 17.9. The number of carboxylic acids is 1. The lowest BCUT2D eigenvalue weighted by molar-refractivity contribution is -0.139. The minimum Gasteiger partial charge on any atom is -0.481 e. The molecule has 0 radical (unpaired) electrons. The molecule has 1 aromatic carbocycles. The molecule has 0 aliphatic heterocycles. The zero-order valence-electron chi connectivity index (χ0n) is 10.0. The van der Waals surface area contributed by atoms with Crippen LogP contribution in [0.1, 0.15) is 28.0 Å². The molecular formula is C11H13FO2. The summed E-state index contributed by atoms with van der Waals surface area (Å²) in [4.78, 5) is 11.2. The minimum atomic E-state index is -2.11. The summed E-state index contributed by atoms with van der Waals surface area (Å²) in [5.74, 6) is -5.56. The van der Waals surface area contributed by atoms with Gasteiger partial charge in [-0.1, -0.05) is 26.0 Å². The van der Waals surface area contributed by atoms with E-state index in [0.717, 1.165) is 12.1 Å². The molecule has 76 valence electrons. The highest BCUT2D eigenvalue weighted by Gasteiger charge is 2.23. The summed E-state index contributed by atoms with van der Waals surface area (Å²) < 4.78 is 28.4. The molecule has 0 spiro atoms. The van der Waals surface area contributed by atoms with Gasteiger partial charge < -0.3 is 5.11 Å². The van der Waals surface area contributed by atoms with Crippen LogP contribution in [0.15, 0.2) is 24.3 Å². The predicted molar refractivity (Wildman–Crippen MR) is 51.6 cm³/mol. The average molecular weight is 198 g/mol. The molecule has 3 heteroatoms. The summed E-state index contributed by atoms with van der Waals surface area (Å²) in [6.07, 6.45) is 0. The summed E-state index contributed by atoms with van der Waals surface area (Å²) in [5, 5.41) is 9.09. The first-order chi connectivity index (χ1) is 7.19. The van der Waals surface area contributed by atoms with Gasteiger partial charge >= 0.3 is 5.97 Å². The third-order valence-electron chi connectivity index (χ3n) is 1.85. The molecule has 1 rings (SSSR count). The molecule has 0 aromatic heterocycles. The van der Waals surface area contributed by atoms with E-state index in [9.17, 15) is 9.18 Å². The van der Waals surface area contributed by atoms with Gasteiger partial charge in [0.25, 0.3) is 0 Å². The van der Waals surface area contributed by atoms with Crippen LogP contribution < -0.4 is 0 Å². The molecule has 0 unspecified atom stereocenters. The van der Waals surface area contributed by atoms with Gasteiger partial charge in [0, 0.05) is 2.74 Å². The molecule has 1 N–H and O–H groups in total. The van der Waals surface area contributed by atoms with Gasteiger partial charge in [0.2, 0.25) is 0 Å². The van der Waals surface area contributed by atoms with Crippen LogP contribution in [0.3, 0.4) is 0 Å². The van der Waals surface area contributed by atoms with E-state index in [-0.39, 0.29) is 5.56 Å². The maximum atomic E-state index is 12.7. The van der Waals surface area contributed by atoms with Crippen molar-refractivity contribution in [2.75, 3.05) is 0 Å². The monoisotopic (exact) mass is 198 g/mol. The van der Waals surface area contributed by atoms with Crippen LogP contribution in [0.5, 0.6) is 0 Å². The molecule has 0 saturated carbocycles. The molecule has 2 nitrogen and oxygen atoms in total. The van der Waals surface area contributed by atoms with Crippen LogP contribution in [0.4, 0.5) is 4.39 Å². The SMILES string of the molecule is [2H]C(C)(C)[C@]([2H])(C(=O)O)c1ccc(F)cc1. The second-order valence-electron chi connectivity index (χ2n) is 3.19. The maximum Gasteiger partial charge on any atom is 0.311 e. The molecular weight excluding hydrogens is 183 g/mol. The fraction of sp³-hybridized carbons (Fsp3) is 0.364.